The van der Waals surface area contributed by atoms with Crippen LogP contribution in [-0.4, -0.2) is 39.4 Å². The van der Waals surface area contributed by atoms with Crippen molar-refractivity contribution < 1.29 is 14.3 Å². The number of para-hydroxylation sites is 2. The lowest BCUT2D eigenvalue weighted by Gasteiger charge is -2.10. The molecule has 0 atom stereocenters. The quantitative estimate of drug-likeness (QED) is 0.454. The number of carbonyl (C=O) groups is 2. The molecule has 32 heavy (non-hydrogen) atoms. The van der Waals surface area contributed by atoms with Crippen LogP contribution in [0.25, 0.3) is 0 Å². The topological polar surface area (TPSA) is 98.1 Å². The Kier molecular flexibility index (Phi) is 8.27. The molecule has 0 aliphatic heterocycles. The van der Waals surface area contributed by atoms with E-state index in [9.17, 15) is 9.59 Å². The van der Waals surface area contributed by atoms with Crippen LogP contribution in [0, 0.1) is 0 Å². The molecule has 0 fully saturated rings. The highest BCUT2D eigenvalue weighted by atomic mass is 32.2. The molecule has 8 nitrogen and oxygen atoms in total. The summed E-state index contributed by atoms with van der Waals surface area (Å²) in [5.74, 6) is 0.977. The lowest BCUT2D eigenvalue weighted by Crippen LogP contribution is -2.18. The summed E-state index contributed by atoms with van der Waals surface area (Å²) in [6, 6.07) is 15.0. The number of hydrogen-bond acceptors (Lipinski definition) is 6. The van der Waals surface area contributed by atoms with Crippen molar-refractivity contribution in [2.45, 2.75) is 38.4 Å². The number of nitrogens with one attached hydrogen (secondary N) is 2. The van der Waals surface area contributed by atoms with Gasteiger partial charge in [0.2, 0.25) is 11.8 Å². The SMILES string of the molecule is CCc1ccc(NC(=O)CSc2nnc(CC(=O)Nc3ccccc3OC)n2CC)cc1. The van der Waals surface area contributed by atoms with Crippen LogP contribution in [0.2, 0.25) is 0 Å². The number of carbonyl (C=O) groups excluding carboxylic acids is 2. The number of ether oxygens (including phenoxy) is 1. The van der Waals surface area contributed by atoms with Gasteiger partial charge < -0.3 is 19.9 Å². The molecule has 9 heteroatoms. The average molecular weight is 454 g/mol. The van der Waals surface area contributed by atoms with Gasteiger partial charge in [0.1, 0.15) is 11.6 Å². The second-order valence-electron chi connectivity index (χ2n) is 6.96. The Morgan fingerprint density at radius 3 is 2.44 bits per heavy atom. The van der Waals surface area contributed by atoms with Crippen LogP contribution in [-0.2, 0) is 29.0 Å². The summed E-state index contributed by atoms with van der Waals surface area (Å²) in [5.41, 5.74) is 2.58. The van der Waals surface area contributed by atoms with E-state index >= 15 is 0 Å². The predicted molar refractivity (Wildman–Crippen MR) is 126 cm³/mol. The normalized spacial score (nSPS) is 10.6. The van der Waals surface area contributed by atoms with E-state index in [1.54, 1.807) is 19.2 Å². The molecule has 0 saturated heterocycles. The average Bonchev–Trinajstić information content (AvgIpc) is 3.19. The number of nitrogens with zero attached hydrogens (tertiary/aromatic N) is 3. The zero-order valence-corrected chi connectivity index (χ0v) is 19.2. The molecule has 168 valence electrons. The van der Waals surface area contributed by atoms with Crippen molar-refractivity contribution >= 4 is 35.0 Å². The zero-order chi connectivity index (χ0) is 22.9. The minimum absolute atomic E-state index is 0.0649. The van der Waals surface area contributed by atoms with Gasteiger partial charge in [0.05, 0.1) is 25.0 Å². The Hall–Kier alpha value is -3.33. The van der Waals surface area contributed by atoms with E-state index in [-0.39, 0.29) is 24.0 Å². The summed E-state index contributed by atoms with van der Waals surface area (Å²) in [4.78, 5) is 24.8. The number of methoxy groups -OCH3 is 1. The van der Waals surface area contributed by atoms with Gasteiger partial charge in [-0.2, -0.15) is 0 Å². The number of anilines is 2. The lowest BCUT2D eigenvalue weighted by molar-refractivity contribution is -0.116. The first-order chi connectivity index (χ1) is 15.5. The summed E-state index contributed by atoms with van der Waals surface area (Å²) >= 11 is 1.29. The van der Waals surface area contributed by atoms with E-state index in [4.69, 9.17) is 4.74 Å². The van der Waals surface area contributed by atoms with Gasteiger partial charge in [-0.15, -0.1) is 10.2 Å². The van der Waals surface area contributed by atoms with Crippen LogP contribution in [0.3, 0.4) is 0 Å². The maximum absolute atomic E-state index is 12.5. The van der Waals surface area contributed by atoms with Gasteiger partial charge in [-0.3, -0.25) is 9.59 Å². The van der Waals surface area contributed by atoms with Gasteiger partial charge in [0, 0.05) is 12.2 Å². The van der Waals surface area contributed by atoms with Crippen LogP contribution in [0.1, 0.15) is 25.2 Å². The fourth-order valence-electron chi connectivity index (χ4n) is 3.11. The first-order valence-electron chi connectivity index (χ1n) is 10.4. The Labute approximate surface area is 191 Å². The maximum Gasteiger partial charge on any atom is 0.234 e. The van der Waals surface area contributed by atoms with Gasteiger partial charge in [0.15, 0.2) is 5.16 Å². The largest absolute Gasteiger partial charge is 0.495 e. The summed E-state index contributed by atoms with van der Waals surface area (Å²) in [6.45, 7) is 4.63. The van der Waals surface area contributed by atoms with Gasteiger partial charge >= 0.3 is 0 Å². The van der Waals surface area contributed by atoms with E-state index in [1.807, 2.05) is 47.9 Å². The Morgan fingerprint density at radius 2 is 1.75 bits per heavy atom. The first kappa shape index (κ1) is 23.3. The number of rotatable bonds is 10. The van der Waals surface area contributed by atoms with Gasteiger partial charge in [-0.05, 0) is 43.2 Å². The molecule has 1 heterocycles. The zero-order valence-electron chi connectivity index (χ0n) is 18.4. The number of benzene rings is 2. The highest BCUT2D eigenvalue weighted by Gasteiger charge is 2.17. The molecular weight excluding hydrogens is 426 g/mol. The molecule has 2 amide bonds. The van der Waals surface area contributed by atoms with E-state index in [0.717, 1.165) is 12.1 Å². The molecule has 0 aliphatic rings. The lowest BCUT2D eigenvalue weighted by atomic mass is 10.1. The Bertz CT molecular complexity index is 1070. The minimum Gasteiger partial charge on any atom is -0.495 e. The van der Waals surface area contributed by atoms with Crippen LogP contribution < -0.4 is 15.4 Å². The molecule has 3 aromatic rings. The van der Waals surface area contributed by atoms with E-state index in [2.05, 4.69) is 27.8 Å². The fraction of sp³-hybridized carbons (Fsp3) is 0.304. The standard InChI is InChI=1S/C23H27N5O3S/c1-4-16-10-12-17(13-11-16)24-22(30)15-32-23-27-26-20(28(23)5-2)14-21(29)25-18-8-6-7-9-19(18)31-3/h6-13H,4-5,14-15H2,1-3H3,(H,24,30)(H,25,29). The van der Waals surface area contributed by atoms with Crippen molar-refractivity contribution in [3.8, 4) is 5.75 Å². The number of aromatic nitrogens is 3. The van der Waals surface area contributed by atoms with E-state index < -0.39 is 0 Å². The van der Waals surface area contributed by atoms with Crippen molar-refractivity contribution in [2.75, 3.05) is 23.5 Å². The first-order valence-corrected chi connectivity index (χ1v) is 11.4. The Balaban J connectivity index is 1.57. The van der Waals surface area contributed by atoms with Crippen LogP contribution in [0.5, 0.6) is 5.75 Å². The second kappa shape index (κ2) is 11.3. The predicted octanol–water partition coefficient (Wildman–Crippen LogP) is 3.78. The summed E-state index contributed by atoms with van der Waals surface area (Å²) in [6.07, 6.45) is 1.02. The molecule has 0 saturated carbocycles. The molecule has 2 aromatic carbocycles. The highest BCUT2D eigenvalue weighted by molar-refractivity contribution is 7.99. The summed E-state index contributed by atoms with van der Waals surface area (Å²) < 4.78 is 7.11. The number of thioether (sulfide) groups is 1. The van der Waals surface area contributed by atoms with E-state index in [0.29, 0.717) is 29.0 Å². The highest BCUT2D eigenvalue weighted by Crippen LogP contribution is 2.23. The molecule has 0 spiro atoms. The van der Waals surface area contributed by atoms with Gasteiger partial charge in [0.25, 0.3) is 0 Å². The molecule has 0 aliphatic carbocycles. The van der Waals surface area contributed by atoms with Crippen molar-refractivity contribution in [3.63, 3.8) is 0 Å². The van der Waals surface area contributed by atoms with Gasteiger partial charge in [-0.1, -0.05) is 43.0 Å². The summed E-state index contributed by atoms with van der Waals surface area (Å²) in [7, 11) is 1.55. The van der Waals surface area contributed by atoms with Crippen LogP contribution >= 0.6 is 11.8 Å². The molecule has 2 N–H and O–H groups in total. The number of hydrogen-bond donors (Lipinski definition) is 2. The number of amides is 2. The van der Waals surface area contributed by atoms with E-state index in [1.165, 1.54) is 17.3 Å². The third kappa shape index (κ3) is 6.10. The van der Waals surface area contributed by atoms with Crippen LogP contribution in [0.4, 0.5) is 11.4 Å². The Morgan fingerprint density at radius 1 is 1.00 bits per heavy atom. The van der Waals surface area contributed by atoms with Crippen molar-refractivity contribution in [1.82, 2.24) is 14.8 Å². The van der Waals surface area contributed by atoms with Crippen molar-refractivity contribution in [3.05, 3.63) is 59.9 Å². The third-order valence-corrected chi connectivity index (χ3v) is 5.75. The molecule has 1 aromatic heterocycles. The fourth-order valence-corrected chi connectivity index (χ4v) is 3.93. The van der Waals surface area contributed by atoms with Crippen molar-refractivity contribution in [2.24, 2.45) is 0 Å². The molecular formula is C23H27N5O3S. The minimum atomic E-state index is -0.221. The monoisotopic (exact) mass is 453 g/mol. The van der Waals surface area contributed by atoms with Gasteiger partial charge in [-0.25, -0.2) is 0 Å². The molecule has 3 rings (SSSR count). The third-order valence-electron chi connectivity index (χ3n) is 4.79. The second-order valence-corrected chi connectivity index (χ2v) is 7.90. The van der Waals surface area contributed by atoms with Crippen LogP contribution in [0.15, 0.2) is 53.7 Å². The molecule has 0 unspecified atom stereocenters. The maximum atomic E-state index is 12.5. The number of aryl methyl sites for hydroxylation is 1. The van der Waals surface area contributed by atoms with Crippen molar-refractivity contribution in [1.29, 1.82) is 0 Å². The molecule has 0 bridgehead atoms. The summed E-state index contributed by atoms with van der Waals surface area (Å²) in [5, 5.41) is 14.7. The molecule has 0 radical (unpaired) electrons. The smallest absolute Gasteiger partial charge is 0.234 e.